The predicted octanol–water partition coefficient (Wildman–Crippen LogP) is 2.40. The van der Waals surface area contributed by atoms with Crippen LogP contribution in [0.15, 0.2) is 5.16 Å². The van der Waals surface area contributed by atoms with E-state index in [1.54, 1.807) is 0 Å². The Morgan fingerprint density at radius 3 is 2.25 bits per heavy atom. The molecule has 2 aliphatic rings. The molecule has 2 aliphatic heterocycles. The molecule has 0 aromatic carbocycles. The molecule has 0 radical (unpaired) electrons. The van der Waals surface area contributed by atoms with Crippen molar-refractivity contribution in [2.75, 3.05) is 6.54 Å². The molecule has 6 heteroatoms. The third-order valence-corrected chi connectivity index (χ3v) is 3.46. The first-order valence-corrected chi connectivity index (χ1v) is 5.52. The standard InChI is InChI=1S/C10H15F3N2O/c11-10(12,13)6-15-8-2-1-3-9(15)5-7(4-8)14-16/h8-9,16H,1-6H2. The van der Waals surface area contributed by atoms with Gasteiger partial charge in [-0.3, -0.25) is 4.90 Å². The first-order chi connectivity index (χ1) is 7.49. The van der Waals surface area contributed by atoms with Crippen molar-refractivity contribution in [3.63, 3.8) is 0 Å². The van der Waals surface area contributed by atoms with Crippen molar-refractivity contribution in [2.45, 2.75) is 50.4 Å². The average molecular weight is 236 g/mol. The number of piperidine rings is 2. The molecule has 0 spiro atoms. The monoisotopic (exact) mass is 236 g/mol. The molecule has 2 heterocycles. The van der Waals surface area contributed by atoms with Crippen molar-refractivity contribution >= 4 is 5.71 Å². The molecular formula is C10H15F3N2O. The Kier molecular flexibility index (Phi) is 3.10. The summed E-state index contributed by atoms with van der Waals surface area (Å²) < 4.78 is 37.2. The predicted molar refractivity (Wildman–Crippen MR) is 52.6 cm³/mol. The number of hydrogen-bond donors (Lipinski definition) is 1. The number of hydrogen-bond acceptors (Lipinski definition) is 3. The molecule has 3 nitrogen and oxygen atoms in total. The van der Waals surface area contributed by atoms with Gasteiger partial charge in [-0.2, -0.15) is 13.2 Å². The van der Waals surface area contributed by atoms with E-state index in [0.29, 0.717) is 18.6 Å². The van der Waals surface area contributed by atoms with Gasteiger partial charge in [-0.05, 0) is 12.8 Å². The van der Waals surface area contributed by atoms with Crippen molar-refractivity contribution in [3.8, 4) is 0 Å². The first kappa shape index (κ1) is 11.7. The van der Waals surface area contributed by atoms with Crippen LogP contribution in [0.3, 0.4) is 0 Å². The summed E-state index contributed by atoms with van der Waals surface area (Å²) in [6.45, 7) is -0.832. The summed E-state index contributed by atoms with van der Waals surface area (Å²) in [5, 5.41) is 11.9. The lowest BCUT2D eigenvalue weighted by Gasteiger charge is -2.46. The van der Waals surface area contributed by atoms with Crippen LogP contribution in [0.5, 0.6) is 0 Å². The van der Waals surface area contributed by atoms with E-state index in [4.69, 9.17) is 5.21 Å². The zero-order valence-electron chi connectivity index (χ0n) is 8.87. The lowest BCUT2D eigenvalue weighted by Crippen LogP contribution is -2.55. The van der Waals surface area contributed by atoms with E-state index in [9.17, 15) is 13.2 Å². The summed E-state index contributed by atoms with van der Waals surface area (Å²) in [5.74, 6) is 0. The second-order valence-electron chi connectivity index (χ2n) is 4.60. The smallest absolute Gasteiger partial charge is 0.401 e. The van der Waals surface area contributed by atoms with Crippen LogP contribution >= 0.6 is 0 Å². The summed E-state index contributed by atoms with van der Waals surface area (Å²) in [6, 6.07) is -0.194. The van der Waals surface area contributed by atoms with Crippen LogP contribution in [-0.2, 0) is 0 Å². The van der Waals surface area contributed by atoms with Crippen LogP contribution in [0.25, 0.3) is 0 Å². The summed E-state index contributed by atoms with van der Waals surface area (Å²) in [4.78, 5) is 1.54. The minimum absolute atomic E-state index is 0.0972. The van der Waals surface area contributed by atoms with Crippen LogP contribution < -0.4 is 0 Å². The zero-order chi connectivity index (χ0) is 11.8. The number of halogens is 3. The highest BCUT2D eigenvalue weighted by Gasteiger charge is 2.42. The molecular weight excluding hydrogens is 221 g/mol. The van der Waals surface area contributed by atoms with Gasteiger partial charge in [-0.1, -0.05) is 11.6 Å². The summed E-state index contributed by atoms with van der Waals surface area (Å²) in [6.07, 6.45) is -0.673. The Balaban J connectivity index is 2.09. The number of alkyl halides is 3. The summed E-state index contributed by atoms with van der Waals surface area (Å²) in [7, 11) is 0. The molecule has 2 rings (SSSR count). The van der Waals surface area contributed by atoms with Crippen LogP contribution in [0, 0.1) is 0 Å². The third kappa shape index (κ3) is 2.48. The fourth-order valence-electron chi connectivity index (χ4n) is 2.83. The van der Waals surface area contributed by atoms with E-state index < -0.39 is 12.7 Å². The molecule has 2 saturated heterocycles. The maximum absolute atomic E-state index is 12.4. The quantitative estimate of drug-likeness (QED) is 0.560. The van der Waals surface area contributed by atoms with Gasteiger partial charge in [0.15, 0.2) is 0 Å². The van der Waals surface area contributed by atoms with Gasteiger partial charge in [0.2, 0.25) is 0 Å². The number of nitrogens with zero attached hydrogens (tertiary/aromatic N) is 2. The number of oxime groups is 1. The summed E-state index contributed by atoms with van der Waals surface area (Å²) >= 11 is 0. The van der Waals surface area contributed by atoms with E-state index in [1.807, 2.05) is 0 Å². The number of fused-ring (bicyclic) bond motifs is 2. The topological polar surface area (TPSA) is 35.8 Å². The molecule has 0 saturated carbocycles. The Morgan fingerprint density at radius 1 is 1.25 bits per heavy atom. The van der Waals surface area contributed by atoms with E-state index in [-0.39, 0.29) is 12.1 Å². The van der Waals surface area contributed by atoms with E-state index in [1.165, 1.54) is 4.90 Å². The van der Waals surface area contributed by atoms with Crippen LogP contribution in [-0.4, -0.2) is 40.6 Å². The van der Waals surface area contributed by atoms with Crippen LogP contribution in [0.4, 0.5) is 13.2 Å². The Bertz CT molecular complexity index is 274. The van der Waals surface area contributed by atoms with Crippen molar-refractivity contribution in [1.82, 2.24) is 4.90 Å². The maximum atomic E-state index is 12.4. The Labute approximate surface area is 91.9 Å². The minimum atomic E-state index is -4.14. The molecule has 1 N–H and O–H groups in total. The normalized spacial score (nSPS) is 31.6. The third-order valence-electron chi connectivity index (χ3n) is 3.46. The average Bonchev–Trinajstić information content (AvgIpc) is 2.14. The molecule has 2 unspecified atom stereocenters. The maximum Gasteiger partial charge on any atom is 0.401 e. The molecule has 0 amide bonds. The molecule has 2 fully saturated rings. The zero-order valence-corrected chi connectivity index (χ0v) is 8.87. The van der Waals surface area contributed by atoms with Gasteiger partial charge in [0.25, 0.3) is 0 Å². The molecule has 16 heavy (non-hydrogen) atoms. The van der Waals surface area contributed by atoms with Gasteiger partial charge in [0.1, 0.15) is 0 Å². The molecule has 92 valence electrons. The first-order valence-electron chi connectivity index (χ1n) is 5.52. The number of rotatable bonds is 1. The van der Waals surface area contributed by atoms with Gasteiger partial charge in [-0.25, -0.2) is 0 Å². The summed E-state index contributed by atoms with van der Waals surface area (Å²) in [5.41, 5.74) is 0.646. The molecule has 2 atom stereocenters. The highest BCUT2D eigenvalue weighted by molar-refractivity contribution is 5.85. The Hall–Kier alpha value is -0.780. The second kappa shape index (κ2) is 4.24. The second-order valence-corrected chi connectivity index (χ2v) is 4.60. The molecule has 2 bridgehead atoms. The van der Waals surface area contributed by atoms with Gasteiger partial charge in [0.05, 0.1) is 12.3 Å². The molecule has 0 aromatic rings. The van der Waals surface area contributed by atoms with E-state index in [0.717, 1.165) is 19.3 Å². The fourth-order valence-corrected chi connectivity index (χ4v) is 2.83. The van der Waals surface area contributed by atoms with E-state index in [2.05, 4.69) is 5.16 Å². The molecule has 0 aliphatic carbocycles. The largest absolute Gasteiger partial charge is 0.411 e. The highest BCUT2D eigenvalue weighted by atomic mass is 19.4. The van der Waals surface area contributed by atoms with Crippen molar-refractivity contribution in [3.05, 3.63) is 0 Å². The van der Waals surface area contributed by atoms with Gasteiger partial charge < -0.3 is 5.21 Å². The van der Waals surface area contributed by atoms with E-state index >= 15 is 0 Å². The van der Waals surface area contributed by atoms with Crippen molar-refractivity contribution < 1.29 is 18.4 Å². The van der Waals surface area contributed by atoms with Gasteiger partial charge >= 0.3 is 6.18 Å². The van der Waals surface area contributed by atoms with Gasteiger partial charge in [0, 0.05) is 24.9 Å². The van der Waals surface area contributed by atoms with Crippen molar-refractivity contribution in [1.29, 1.82) is 0 Å². The fraction of sp³-hybridized carbons (Fsp3) is 0.900. The van der Waals surface area contributed by atoms with Gasteiger partial charge in [-0.15, -0.1) is 0 Å². The lowest BCUT2D eigenvalue weighted by molar-refractivity contribution is -0.161. The SMILES string of the molecule is ON=C1CC2CCCC(C1)N2CC(F)(F)F. The van der Waals surface area contributed by atoms with Crippen molar-refractivity contribution in [2.24, 2.45) is 5.16 Å². The van der Waals surface area contributed by atoms with Crippen LogP contribution in [0.2, 0.25) is 0 Å². The highest BCUT2D eigenvalue weighted by Crippen LogP contribution is 2.34. The lowest BCUT2D eigenvalue weighted by atomic mass is 9.83. The molecule has 0 aromatic heterocycles. The van der Waals surface area contributed by atoms with Crippen LogP contribution in [0.1, 0.15) is 32.1 Å². The Morgan fingerprint density at radius 2 is 1.81 bits per heavy atom. The minimum Gasteiger partial charge on any atom is -0.411 e.